The second-order valence-corrected chi connectivity index (χ2v) is 2.45. The topological polar surface area (TPSA) is 65.2 Å². The van der Waals surface area contributed by atoms with E-state index in [0.717, 1.165) is 6.42 Å². The van der Waals surface area contributed by atoms with Gasteiger partial charge in [0.1, 0.15) is 5.71 Å². The zero-order valence-electron chi connectivity index (χ0n) is 6.46. The summed E-state index contributed by atoms with van der Waals surface area (Å²) < 4.78 is 0. The van der Waals surface area contributed by atoms with Crippen molar-refractivity contribution >= 4 is 11.9 Å². The molecule has 0 aromatic heterocycles. The van der Waals surface area contributed by atoms with Crippen LogP contribution in [0.15, 0.2) is 34.6 Å². The number of oxime groups is 2. The number of hydrogen-bond donors (Lipinski definition) is 2. The van der Waals surface area contributed by atoms with Gasteiger partial charge in [-0.25, -0.2) is 0 Å². The first-order valence-electron chi connectivity index (χ1n) is 3.61. The smallest absolute Gasteiger partial charge is 0.102 e. The molecule has 0 bridgehead atoms. The van der Waals surface area contributed by atoms with Crippen LogP contribution in [0.3, 0.4) is 0 Å². The van der Waals surface area contributed by atoms with Gasteiger partial charge in [0.2, 0.25) is 0 Å². The average Bonchev–Trinajstić information content (AvgIpc) is 2.31. The van der Waals surface area contributed by atoms with Crippen LogP contribution in [0.1, 0.15) is 6.42 Å². The van der Waals surface area contributed by atoms with Crippen molar-refractivity contribution in [3.63, 3.8) is 0 Å². The zero-order chi connectivity index (χ0) is 8.81. The van der Waals surface area contributed by atoms with Crippen LogP contribution in [0, 0.1) is 5.92 Å². The maximum atomic E-state index is 8.43. The van der Waals surface area contributed by atoms with E-state index in [-0.39, 0.29) is 5.92 Å². The molecule has 0 spiro atoms. The van der Waals surface area contributed by atoms with Crippen molar-refractivity contribution in [3.05, 3.63) is 24.3 Å². The van der Waals surface area contributed by atoms with Crippen molar-refractivity contribution in [1.29, 1.82) is 0 Å². The monoisotopic (exact) mass is 166 g/mol. The van der Waals surface area contributed by atoms with Gasteiger partial charge < -0.3 is 10.4 Å². The van der Waals surface area contributed by atoms with Crippen LogP contribution in [0.2, 0.25) is 0 Å². The van der Waals surface area contributed by atoms with Crippen LogP contribution in [-0.4, -0.2) is 22.3 Å². The lowest BCUT2D eigenvalue weighted by molar-refractivity contribution is 0.319. The van der Waals surface area contributed by atoms with Gasteiger partial charge in [0.05, 0.1) is 6.21 Å². The van der Waals surface area contributed by atoms with E-state index in [1.807, 2.05) is 12.2 Å². The van der Waals surface area contributed by atoms with Gasteiger partial charge in [-0.15, -0.1) is 5.16 Å². The first kappa shape index (κ1) is 8.52. The van der Waals surface area contributed by atoms with Gasteiger partial charge in [0.25, 0.3) is 0 Å². The van der Waals surface area contributed by atoms with Crippen molar-refractivity contribution in [1.82, 2.24) is 0 Å². The number of hydrogen-bond acceptors (Lipinski definition) is 4. The Morgan fingerprint density at radius 1 is 1.42 bits per heavy atom. The second-order valence-electron chi connectivity index (χ2n) is 2.45. The highest BCUT2D eigenvalue weighted by Gasteiger charge is 2.02. The van der Waals surface area contributed by atoms with Crippen molar-refractivity contribution in [2.24, 2.45) is 16.2 Å². The predicted molar refractivity (Wildman–Crippen MR) is 45.9 cm³/mol. The van der Waals surface area contributed by atoms with Gasteiger partial charge in [0.15, 0.2) is 0 Å². The van der Waals surface area contributed by atoms with E-state index in [0.29, 0.717) is 5.71 Å². The molecule has 1 aliphatic rings. The van der Waals surface area contributed by atoms with E-state index in [2.05, 4.69) is 10.3 Å². The minimum atomic E-state index is 0.0745. The molecular formula is C8H10N2O2. The van der Waals surface area contributed by atoms with Crippen LogP contribution >= 0.6 is 0 Å². The maximum Gasteiger partial charge on any atom is 0.102 e. The average molecular weight is 166 g/mol. The third-order valence-electron chi connectivity index (χ3n) is 1.58. The molecule has 0 amide bonds. The van der Waals surface area contributed by atoms with E-state index in [1.165, 1.54) is 6.21 Å². The molecule has 0 radical (unpaired) electrons. The molecule has 4 heteroatoms. The molecule has 4 nitrogen and oxygen atoms in total. The highest BCUT2D eigenvalue weighted by molar-refractivity contribution is 6.04. The molecule has 0 saturated heterocycles. The molecule has 2 N–H and O–H groups in total. The van der Waals surface area contributed by atoms with E-state index in [4.69, 9.17) is 10.4 Å². The van der Waals surface area contributed by atoms with Crippen LogP contribution < -0.4 is 0 Å². The standard InChI is InChI=1S/C8H10N2O2/c11-9-6-7-2-1-3-8(10-12)5-4-7/h1,3-7,11-12H,2H2/b9-6?,10-8-. The summed E-state index contributed by atoms with van der Waals surface area (Å²) in [5, 5.41) is 22.7. The summed E-state index contributed by atoms with van der Waals surface area (Å²) in [4.78, 5) is 0. The molecule has 1 rings (SSSR count). The van der Waals surface area contributed by atoms with Crippen LogP contribution in [-0.2, 0) is 0 Å². The number of nitrogens with zero attached hydrogens (tertiary/aromatic N) is 2. The van der Waals surface area contributed by atoms with Crippen molar-refractivity contribution in [3.8, 4) is 0 Å². The largest absolute Gasteiger partial charge is 0.411 e. The Kier molecular flexibility index (Phi) is 3.07. The molecular weight excluding hydrogens is 156 g/mol. The Balaban J connectivity index is 2.71. The summed E-state index contributed by atoms with van der Waals surface area (Å²) in [6, 6.07) is 0. The number of rotatable bonds is 1. The highest BCUT2D eigenvalue weighted by atomic mass is 16.4. The van der Waals surface area contributed by atoms with Crippen molar-refractivity contribution in [2.45, 2.75) is 6.42 Å². The normalized spacial score (nSPS) is 26.7. The molecule has 0 aromatic rings. The van der Waals surface area contributed by atoms with Gasteiger partial charge >= 0.3 is 0 Å². The minimum absolute atomic E-state index is 0.0745. The molecule has 1 unspecified atom stereocenters. The SMILES string of the molecule is ON=CC1C=C/C(=N\O)C=CC1. The molecule has 0 aliphatic heterocycles. The van der Waals surface area contributed by atoms with Gasteiger partial charge in [-0.2, -0.15) is 0 Å². The van der Waals surface area contributed by atoms with Crippen LogP contribution in [0.25, 0.3) is 0 Å². The second kappa shape index (κ2) is 4.33. The Morgan fingerprint density at radius 3 is 2.92 bits per heavy atom. The highest BCUT2D eigenvalue weighted by Crippen LogP contribution is 2.07. The summed E-state index contributed by atoms with van der Waals surface area (Å²) in [5.41, 5.74) is 0.504. The predicted octanol–water partition coefficient (Wildman–Crippen LogP) is 1.41. The first-order valence-corrected chi connectivity index (χ1v) is 3.61. The van der Waals surface area contributed by atoms with Gasteiger partial charge in [-0.05, 0) is 18.6 Å². The lowest BCUT2D eigenvalue weighted by Crippen LogP contribution is -1.94. The molecule has 0 fully saturated rings. The zero-order valence-corrected chi connectivity index (χ0v) is 6.46. The first-order chi connectivity index (χ1) is 5.86. The van der Waals surface area contributed by atoms with Crippen molar-refractivity contribution in [2.75, 3.05) is 0 Å². The Hall–Kier alpha value is -1.58. The fraction of sp³-hybridized carbons (Fsp3) is 0.250. The maximum absolute atomic E-state index is 8.43. The van der Waals surface area contributed by atoms with E-state index < -0.39 is 0 Å². The molecule has 0 heterocycles. The molecule has 1 aliphatic carbocycles. The quantitative estimate of drug-likeness (QED) is 0.351. The van der Waals surface area contributed by atoms with Crippen molar-refractivity contribution < 1.29 is 10.4 Å². The lowest BCUT2D eigenvalue weighted by atomic mass is 10.1. The van der Waals surface area contributed by atoms with Crippen LogP contribution in [0.4, 0.5) is 0 Å². The molecule has 0 saturated carbocycles. The van der Waals surface area contributed by atoms with Gasteiger partial charge in [-0.3, -0.25) is 0 Å². The summed E-state index contributed by atoms with van der Waals surface area (Å²) >= 11 is 0. The summed E-state index contributed by atoms with van der Waals surface area (Å²) in [5.74, 6) is 0.0745. The van der Waals surface area contributed by atoms with Crippen LogP contribution in [0.5, 0.6) is 0 Å². The lowest BCUT2D eigenvalue weighted by Gasteiger charge is -1.97. The Labute approximate surface area is 70.2 Å². The molecule has 64 valence electrons. The molecule has 1 atom stereocenters. The summed E-state index contributed by atoms with van der Waals surface area (Å²) in [6.45, 7) is 0. The summed E-state index contributed by atoms with van der Waals surface area (Å²) in [7, 11) is 0. The van der Waals surface area contributed by atoms with E-state index in [1.54, 1.807) is 12.2 Å². The molecule has 0 aromatic carbocycles. The van der Waals surface area contributed by atoms with Gasteiger partial charge in [-0.1, -0.05) is 17.3 Å². The third-order valence-corrected chi connectivity index (χ3v) is 1.58. The van der Waals surface area contributed by atoms with E-state index in [9.17, 15) is 0 Å². The Morgan fingerprint density at radius 2 is 2.25 bits per heavy atom. The third kappa shape index (κ3) is 2.23. The minimum Gasteiger partial charge on any atom is -0.411 e. The Bertz CT molecular complexity index is 254. The fourth-order valence-corrected chi connectivity index (χ4v) is 0.965. The van der Waals surface area contributed by atoms with E-state index >= 15 is 0 Å². The summed E-state index contributed by atoms with van der Waals surface area (Å²) in [6.07, 6.45) is 9.24. The fourth-order valence-electron chi connectivity index (χ4n) is 0.965. The number of allylic oxidation sites excluding steroid dienone is 4. The van der Waals surface area contributed by atoms with Gasteiger partial charge in [0, 0.05) is 5.92 Å². The molecule has 12 heavy (non-hydrogen) atoms.